The molecule has 238 valence electrons. The average molecular weight is 619 g/mol. The van der Waals surface area contributed by atoms with Gasteiger partial charge in [0.15, 0.2) is 0 Å². The molecule has 1 aromatic carbocycles. The summed E-state index contributed by atoms with van der Waals surface area (Å²) in [6, 6.07) is 9.54. The van der Waals surface area contributed by atoms with E-state index in [1.54, 1.807) is 58.8 Å². The number of nitrogens with one attached hydrogen (secondary N) is 2. The van der Waals surface area contributed by atoms with Crippen molar-refractivity contribution in [2.45, 2.75) is 85.5 Å². The summed E-state index contributed by atoms with van der Waals surface area (Å²) < 4.78 is 37.3. The van der Waals surface area contributed by atoms with E-state index >= 15 is 0 Å². The normalized spacial score (nSPS) is 12.7. The fourth-order valence-electron chi connectivity index (χ4n) is 4.15. The Morgan fingerprint density at radius 2 is 1.70 bits per heavy atom. The fraction of sp³-hybridized carbons (Fsp3) is 0.548. The van der Waals surface area contributed by atoms with Crippen LogP contribution in [0.2, 0.25) is 0 Å². The number of carbonyl (C=O) groups excluding carboxylic acids is 3. The van der Waals surface area contributed by atoms with Gasteiger partial charge in [0, 0.05) is 31.9 Å². The van der Waals surface area contributed by atoms with Crippen LogP contribution in [0.1, 0.15) is 78.5 Å². The highest BCUT2D eigenvalue weighted by Gasteiger charge is 2.27. The number of aromatic nitrogens is 1. The Labute approximate surface area is 255 Å². The number of esters is 1. The minimum absolute atomic E-state index is 0.0770. The van der Waals surface area contributed by atoms with Crippen LogP contribution in [0.4, 0.5) is 4.79 Å². The maximum absolute atomic E-state index is 13.2. The molecule has 0 saturated carbocycles. The van der Waals surface area contributed by atoms with Crippen molar-refractivity contribution in [3.63, 3.8) is 0 Å². The predicted octanol–water partition coefficient (Wildman–Crippen LogP) is 4.51. The minimum atomic E-state index is -3.80. The van der Waals surface area contributed by atoms with Gasteiger partial charge < -0.3 is 19.7 Å². The molecule has 0 aliphatic rings. The maximum atomic E-state index is 13.2. The topological polar surface area (TPSA) is 144 Å². The SMILES string of the molecule is Cc1cnccc1-c1cccc([C@H](C)N(CCCC(=O)NCCS(=O)(=O)NCC(=O)OC(C)(C)C)C(=O)OC(C)(C)C)c1. The second-order valence-electron chi connectivity index (χ2n) is 12.3. The summed E-state index contributed by atoms with van der Waals surface area (Å²) in [4.78, 5) is 43.2. The van der Waals surface area contributed by atoms with Crippen molar-refractivity contribution in [2.75, 3.05) is 25.4 Å². The molecule has 1 atom stereocenters. The molecule has 0 saturated heterocycles. The zero-order valence-corrected chi connectivity index (χ0v) is 27.3. The molecular formula is C31H46N4O7S. The van der Waals surface area contributed by atoms with Gasteiger partial charge in [-0.1, -0.05) is 18.2 Å². The number of amides is 2. The molecule has 43 heavy (non-hydrogen) atoms. The Morgan fingerprint density at radius 1 is 1.02 bits per heavy atom. The highest BCUT2D eigenvalue weighted by Crippen LogP contribution is 2.29. The second kappa shape index (κ2) is 15.3. The van der Waals surface area contributed by atoms with Crippen LogP contribution in [0, 0.1) is 6.92 Å². The first-order valence-corrected chi connectivity index (χ1v) is 16.0. The van der Waals surface area contributed by atoms with E-state index in [0.29, 0.717) is 6.42 Å². The van der Waals surface area contributed by atoms with E-state index in [9.17, 15) is 22.8 Å². The molecule has 2 amide bonds. The maximum Gasteiger partial charge on any atom is 0.410 e. The summed E-state index contributed by atoms with van der Waals surface area (Å²) in [5.41, 5.74) is 2.57. The van der Waals surface area contributed by atoms with Crippen molar-refractivity contribution < 1.29 is 32.3 Å². The van der Waals surface area contributed by atoms with E-state index in [1.807, 2.05) is 44.2 Å². The summed E-state index contributed by atoms with van der Waals surface area (Å²) in [5.74, 6) is -1.44. The van der Waals surface area contributed by atoms with Crippen LogP contribution >= 0.6 is 0 Å². The van der Waals surface area contributed by atoms with Gasteiger partial charge in [-0.3, -0.25) is 14.6 Å². The number of pyridine rings is 1. The summed E-state index contributed by atoms with van der Waals surface area (Å²) in [7, 11) is -3.80. The van der Waals surface area contributed by atoms with Gasteiger partial charge in [-0.15, -0.1) is 0 Å². The Bertz CT molecular complexity index is 1360. The van der Waals surface area contributed by atoms with E-state index in [1.165, 1.54) is 0 Å². The van der Waals surface area contributed by atoms with E-state index in [2.05, 4.69) is 15.0 Å². The van der Waals surface area contributed by atoms with Crippen molar-refractivity contribution in [3.8, 4) is 11.1 Å². The number of rotatable bonds is 13. The summed E-state index contributed by atoms with van der Waals surface area (Å²) >= 11 is 0. The number of ether oxygens (including phenoxy) is 2. The molecule has 1 heterocycles. The molecule has 0 fully saturated rings. The van der Waals surface area contributed by atoms with Crippen LogP contribution in [0.15, 0.2) is 42.7 Å². The Kier molecular flexibility index (Phi) is 12.7. The van der Waals surface area contributed by atoms with Crippen LogP contribution in [-0.4, -0.2) is 72.9 Å². The average Bonchev–Trinajstić information content (AvgIpc) is 2.88. The molecule has 0 bridgehead atoms. The number of carbonyl (C=O) groups is 3. The highest BCUT2D eigenvalue weighted by molar-refractivity contribution is 7.89. The van der Waals surface area contributed by atoms with Gasteiger partial charge in [0.2, 0.25) is 15.9 Å². The first-order valence-electron chi connectivity index (χ1n) is 14.3. The zero-order valence-electron chi connectivity index (χ0n) is 26.5. The number of hydrogen-bond donors (Lipinski definition) is 2. The van der Waals surface area contributed by atoms with E-state index < -0.39 is 45.6 Å². The Morgan fingerprint density at radius 3 is 2.33 bits per heavy atom. The van der Waals surface area contributed by atoms with Gasteiger partial charge in [0.25, 0.3) is 0 Å². The minimum Gasteiger partial charge on any atom is -0.459 e. The molecule has 0 unspecified atom stereocenters. The van der Waals surface area contributed by atoms with Gasteiger partial charge in [-0.05, 0) is 96.2 Å². The molecule has 2 N–H and O–H groups in total. The molecule has 11 nitrogen and oxygen atoms in total. The summed E-state index contributed by atoms with van der Waals surface area (Å²) in [6.45, 7) is 14.0. The number of nitrogens with zero attached hydrogens (tertiary/aromatic N) is 2. The number of sulfonamides is 1. The third-order valence-corrected chi connectivity index (χ3v) is 7.47. The monoisotopic (exact) mass is 618 g/mol. The molecule has 0 spiro atoms. The van der Waals surface area contributed by atoms with Crippen molar-refractivity contribution in [2.24, 2.45) is 0 Å². The van der Waals surface area contributed by atoms with Crippen LogP contribution in [-0.2, 0) is 29.1 Å². The number of benzene rings is 1. The first kappa shape index (κ1) is 35.7. The van der Waals surface area contributed by atoms with E-state index in [0.717, 1.165) is 22.3 Å². The lowest BCUT2D eigenvalue weighted by molar-refractivity contribution is -0.153. The second-order valence-corrected chi connectivity index (χ2v) is 14.3. The summed E-state index contributed by atoms with van der Waals surface area (Å²) in [5, 5.41) is 2.58. The van der Waals surface area contributed by atoms with Crippen LogP contribution in [0.5, 0.6) is 0 Å². The van der Waals surface area contributed by atoms with Crippen LogP contribution < -0.4 is 10.0 Å². The first-order chi connectivity index (χ1) is 19.9. The quantitative estimate of drug-likeness (QED) is 0.312. The smallest absolute Gasteiger partial charge is 0.410 e. The van der Waals surface area contributed by atoms with Gasteiger partial charge in [0.1, 0.15) is 17.7 Å². The molecule has 1 aromatic heterocycles. The van der Waals surface area contributed by atoms with Crippen molar-refractivity contribution >= 4 is 28.0 Å². The van der Waals surface area contributed by atoms with Crippen LogP contribution in [0.3, 0.4) is 0 Å². The molecule has 0 aliphatic carbocycles. The molecule has 2 rings (SSSR count). The van der Waals surface area contributed by atoms with Crippen LogP contribution in [0.25, 0.3) is 11.1 Å². The highest BCUT2D eigenvalue weighted by atomic mass is 32.2. The van der Waals surface area contributed by atoms with Gasteiger partial charge in [-0.25, -0.2) is 17.9 Å². The lowest BCUT2D eigenvalue weighted by Crippen LogP contribution is -2.40. The molecule has 0 aliphatic heterocycles. The Balaban J connectivity index is 1.98. The van der Waals surface area contributed by atoms with Gasteiger partial charge in [0.05, 0.1) is 11.8 Å². The molecule has 12 heteroatoms. The van der Waals surface area contributed by atoms with E-state index in [4.69, 9.17) is 9.47 Å². The largest absolute Gasteiger partial charge is 0.459 e. The Hall–Kier alpha value is -3.51. The van der Waals surface area contributed by atoms with Crippen molar-refractivity contribution in [3.05, 3.63) is 53.9 Å². The molecule has 0 radical (unpaired) electrons. The third kappa shape index (κ3) is 13.1. The zero-order chi connectivity index (χ0) is 32.4. The van der Waals surface area contributed by atoms with Gasteiger partial charge >= 0.3 is 12.1 Å². The van der Waals surface area contributed by atoms with E-state index in [-0.39, 0.29) is 31.5 Å². The lowest BCUT2D eigenvalue weighted by Gasteiger charge is -2.32. The molecular weight excluding hydrogens is 572 g/mol. The molecule has 2 aromatic rings. The van der Waals surface area contributed by atoms with Crippen molar-refractivity contribution in [1.29, 1.82) is 0 Å². The summed E-state index contributed by atoms with van der Waals surface area (Å²) in [6.07, 6.45) is 3.47. The van der Waals surface area contributed by atoms with Gasteiger partial charge in [-0.2, -0.15) is 0 Å². The number of hydrogen-bond acceptors (Lipinski definition) is 8. The number of aryl methyl sites for hydroxylation is 1. The predicted molar refractivity (Wildman–Crippen MR) is 166 cm³/mol. The standard InChI is InChI=1S/C31H46N4O7S/c1-22-20-32-15-14-26(22)25-12-9-11-24(19-25)23(2)35(29(38)42-31(6,7)8)17-10-13-27(36)33-16-18-43(39,40)34-21-28(37)41-30(3,4)5/h9,11-12,14-15,19-20,23,34H,10,13,16-18,21H2,1-8H3,(H,33,36)/t23-/m0/s1. The third-order valence-electron chi connectivity index (χ3n) is 6.15. The van der Waals surface area contributed by atoms with Crippen molar-refractivity contribution in [1.82, 2.24) is 19.9 Å². The fourth-order valence-corrected chi connectivity index (χ4v) is 5.00. The lowest BCUT2D eigenvalue weighted by atomic mass is 9.97.